The molecule has 3 rings (SSSR count). The Labute approximate surface area is 162 Å². The zero-order valence-corrected chi connectivity index (χ0v) is 16.3. The molecule has 3 aromatic rings. The van der Waals surface area contributed by atoms with E-state index in [1.807, 2.05) is 19.1 Å². The number of fused-ring (bicyclic) bond motifs is 1. The van der Waals surface area contributed by atoms with Gasteiger partial charge in [-0.3, -0.25) is 9.10 Å². The largest absolute Gasteiger partial charge is 0.493 e. The lowest BCUT2D eigenvalue weighted by atomic mass is 10.1. The molecule has 2 aromatic carbocycles. The van der Waals surface area contributed by atoms with E-state index in [2.05, 4.69) is 15.2 Å². The molecule has 8 nitrogen and oxygen atoms in total. The molecule has 2 N–H and O–H groups in total. The van der Waals surface area contributed by atoms with Crippen LogP contribution in [0.1, 0.15) is 12.5 Å². The maximum absolute atomic E-state index is 12.3. The van der Waals surface area contributed by atoms with E-state index < -0.39 is 22.5 Å². The van der Waals surface area contributed by atoms with Crippen LogP contribution in [0.15, 0.2) is 58.8 Å². The van der Waals surface area contributed by atoms with Crippen LogP contribution >= 0.6 is 0 Å². The van der Waals surface area contributed by atoms with Crippen LogP contribution in [0, 0.1) is 0 Å². The lowest BCUT2D eigenvalue weighted by Gasteiger charge is -2.20. The highest BCUT2D eigenvalue weighted by Crippen LogP contribution is 2.35. The van der Waals surface area contributed by atoms with Crippen molar-refractivity contribution in [2.24, 2.45) is 10.2 Å². The molecule has 0 fully saturated rings. The number of sulfonamides is 1. The summed E-state index contributed by atoms with van der Waals surface area (Å²) in [5.41, 5.74) is 2.20. The number of para-hydroxylation sites is 1. The number of rotatable bonds is 6. The molecule has 28 heavy (non-hydrogen) atoms. The second kappa shape index (κ2) is 7.81. The molecule has 0 atom stereocenters. The summed E-state index contributed by atoms with van der Waals surface area (Å²) in [5, 5.41) is 18.0. The summed E-state index contributed by atoms with van der Waals surface area (Å²) in [6, 6.07) is 13.9. The van der Waals surface area contributed by atoms with E-state index in [-0.39, 0.29) is 11.6 Å². The van der Waals surface area contributed by atoms with Gasteiger partial charge in [0.2, 0.25) is 15.9 Å². The molecule has 9 heteroatoms. The van der Waals surface area contributed by atoms with Gasteiger partial charge in [-0.25, -0.2) is 8.42 Å². The number of amides is 1. The first-order valence-electron chi connectivity index (χ1n) is 8.60. The summed E-state index contributed by atoms with van der Waals surface area (Å²) in [6.07, 6.45) is 1.84. The molecule has 0 radical (unpaired) electrons. The first-order valence-corrected chi connectivity index (χ1v) is 10.5. The van der Waals surface area contributed by atoms with Crippen LogP contribution in [0.4, 0.5) is 11.4 Å². The molecule has 0 aliphatic carbocycles. The van der Waals surface area contributed by atoms with Crippen molar-refractivity contribution >= 4 is 38.2 Å². The van der Waals surface area contributed by atoms with Gasteiger partial charge < -0.3 is 10.1 Å². The van der Waals surface area contributed by atoms with Crippen molar-refractivity contribution in [1.82, 2.24) is 4.98 Å². The Morgan fingerprint density at radius 1 is 1.14 bits per heavy atom. The van der Waals surface area contributed by atoms with Gasteiger partial charge in [-0.15, -0.1) is 10.2 Å². The Hall–Kier alpha value is -3.20. The van der Waals surface area contributed by atoms with Crippen LogP contribution in [0.2, 0.25) is 0 Å². The number of H-pyrrole nitrogens is 1. The van der Waals surface area contributed by atoms with Gasteiger partial charge >= 0.3 is 0 Å². The molecule has 0 aliphatic heterocycles. The van der Waals surface area contributed by atoms with Crippen LogP contribution < -0.4 is 4.31 Å². The van der Waals surface area contributed by atoms with Gasteiger partial charge in [-0.05, 0) is 30.2 Å². The van der Waals surface area contributed by atoms with Crippen molar-refractivity contribution in [3.63, 3.8) is 0 Å². The Morgan fingerprint density at radius 2 is 1.82 bits per heavy atom. The van der Waals surface area contributed by atoms with Crippen molar-refractivity contribution in [3.8, 4) is 5.88 Å². The minimum atomic E-state index is -3.69. The molecule has 0 spiro atoms. The average Bonchev–Trinajstić information content (AvgIpc) is 2.98. The number of carbonyl (C=O) groups is 1. The number of aromatic hydroxyl groups is 1. The standard InChI is InChI=1S/C19H20N4O4S/c1-3-13-8-10-14(11-9-13)23(28(2,26)27)12-17(24)21-22-18-15-6-4-5-7-16(15)20-19(18)25/h4-11,20,25H,3,12H2,1-2H3. The molecule has 0 aliphatic rings. The van der Waals surface area contributed by atoms with Gasteiger partial charge in [-0.1, -0.05) is 37.3 Å². The van der Waals surface area contributed by atoms with Gasteiger partial charge in [0.25, 0.3) is 5.91 Å². The number of benzene rings is 2. The molecule has 0 saturated carbocycles. The summed E-state index contributed by atoms with van der Waals surface area (Å²) < 4.78 is 25.3. The number of hydrogen-bond acceptors (Lipinski definition) is 5. The summed E-state index contributed by atoms with van der Waals surface area (Å²) in [6.45, 7) is 1.50. The molecular weight excluding hydrogens is 380 g/mol. The van der Waals surface area contributed by atoms with E-state index in [9.17, 15) is 18.3 Å². The Bertz CT molecular complexity index is 1130. The molecule has 0 unspecified atom stereocenters. The van der Waals surface area contributed by atoms with Crippen LogP contribution in [0.25, 0.3) is 10.9 Å². The number of aromatic amines is 1. The SMILES string of the molecule is CCc1ccc(N(CC(=O)N=Nc2c(O)[nH]c3ccccc23)S(C)(=O)=O)cc1. The van der Waals surface area contributed by atoms with Crippen molar-refractivity contribution in [1.29, 1.82) is 0 Å². The fourth-order valence-electron chi connectivity index (χ4n) is 2.77. The van der Waals surface area contributed by atoms with E-state index in [1.165, 1.54) is 0 Å². The molecule has 1 amide bonds. The summed E-state index contributed by atoms with van der Waals surface area (Å²) in [4.78, 5) is 15.0. The predicted octanol–water partition coefficient (Wildman–Crippen LogP) is 3.51. The lowest BCUT2D eigenvalue weighted by Crippen LogP contribution is -2.34. The Kier molecular flexibility index (Phi) is 5.46. The number of nitrogens with zero attached hydrogens (tertiary/aromatic N) is 3. The normalized spacial score (nSPS) is 11.9. The zero-order valence-electron chi connectivity index (χ0n) is 15.5. The van der Waals surface area contributed by atoms with Gasteiger partial charge in [-0.2, -0.15) is 0 Å². The number of anilines is 1. The van der Waals surface area contributed by atoms with Crippen LogP contribution in [-0.4, -0.2) is 37.2 Å². The summed E-state index contributed by atoms with van der Waals surface area (Å²) in [7, 11) is -3.69. The number of azo groups is 1. The van der Waals surface area contributed by atoms with Crippen molar-refractivity contribution in [2.45, 2.75) is 13.3 Å². The van der Waals surface area contributed by atoms with E-state index in [0.717, 1.165) is 22.5 Å². The summed E-state index contributed by atoms with van der Waals surface area (Å²) in [5.74, 6) is -0.970. The summed E-state index contributed by atoms with van der Waals surface area (Å²) >= 11 is 0. The average molecular weight is 400 g/mol. The van der Waals surface area contributed by atoms with Crippen LogP contribution in [0.5, 0.6) is 5.88 Å². The quantitative estimate of drug-likeness (QED) is 0.616. The first kappa shape index (κ1) is 19.6. The Balaban J connectivity index is 1.84. The minimum absolute atomic E-state index is 0.127. The molecule has 146 valence electrons. The van der Waals surface area contributed by atoms with Gasteiger partial charge in [0.05, 0.1) is 17.5 Å². The van der Waals surface area contributed by atoms with Crippen LogP contribution in [-0.2, 0) is 21.2 Å². The highest BCUT2D eigenvalue weighted by molar-refractivity contribution is 7.92. The molecule has 0 bridgehead atoms. The molecular formula is C19H20N4O4S. The second-order valence-electron chi connectivity index (χ2n) is 6.25. The fourth-order valence-corrected chi connectivity index (χ4v) is 3.62. The minimum Gasteiger partial charge on any atom is -0.493 e. The first-order chi connectivity index (χ1) is 13.3. The van der Waals surface area contributed by atoms with Gasteiger partial charge in [0.1, 0.15) is 6.54 Å². The fraction of sp³-hybridized carbons (Fsp3) is 0.211. The third-order valence-corrected chi connectivity index (χ3v) is 5.37. The molecule has 0 saturated heterocycles. The number of carbonyl (C=O) groups excluding carboxylic acids is 1. The number of hydrogen-bond donors (Lipinski definition) is 2. The number of aryl methyl sites for hydroxylation is 1. The van der Waals surface area contributed by atoms with Crippen LogP contribution in [0.3, 0.4) is 0 Å². The van der Waals surface area contributed by atoms with E-state index in [0.29, 0.717) is 16.6 Å². The van der Waals surface area contributed by atoms with Gasteiger partial charge in [0.15, 0.2) is 5.69 Å². The van der Waals surface area contributed by atoms with E-state index >= 15 is 0 Å². The van der Waals surface area contributed by atoms with Crippen molar-refractivity contribution in [3.05, 3.63) is 54.1 Å². The van der Waals surface area contributed by atoms with Crippen molar-refractivity contribution in [2.75, 3.05) is 17.1 Å². The topological polar surface area (TPSA) is 115 Å². The highest BCUT2D eigenvalue weighted by atomic mass is 32.2. The third-order valence-electron chi connectivity index (χ3n) is 4.23. The monoisotopic (exact) mass is 400 g/mol. The van der Waals surface area contributed by atoms with Crippen molar-refractivity contribution < 1.29 is 18.3 Å². The maximum Gasteiger partial charge on any atom is 0.285 e. The third kappa shape index (κ3) is 4.20. The Morgan fingerprint density at radius 3 is 2.46 bits per heavy atom. The van der Waals surface area contributed by atoms with Gasteiger partial charge in [0, 0.05) is 5.39 Å². The second-order valence-corrected chi connectivity index (χ2v) is 8.16. The molecule has 1 heterocycles. The number of aromatic nitrogens is 1. The predicted molar refractivity (Wildman–Crippen MR) is 107 cm³/mol. The number of nitrogens with one attached hydrogen (secondary N) is 1. The maximum atomic E-state index is 12.3. The smallest absolute Gasteiger partial charge is 0.285 e. The lowest BCUT2D eigenvalue weighted by molar-refractivity contribution is -0.116. The van der Waals surface area contributed by atoms with E-state index in [4.69, 9.17) is 0 Å². The highest BCUT2D eigenvalue weighted by Gasteiger charge is 2.21. The zero-order chi connectivity index (χ0) is 20.3. The molecule has 1 aromatic heterocycles. The van der Waals surface area contributed by atoms with E-state index in [1.54, 1.807) is 36.4 Å².